The zero-order valence-corrected chi connectivity index (χ0v) is 8.11. The summed E-state index contributed by atoms with van der Waals surface area (Å²) in [5, 5.41) is 8.63. The molecule has 0 aliphatic carbocycles. The number of carboxylic acids is 1. The fraction of sp³-hybridized carbons (Fsp3) is 0.556. The summed E-state index contributed by atoms with van der Waals surface area (Å²) in [5.41, 5.74) is 0.876. The first-order chi connectivity index (χ1) is 5.91. The number of rotatable bonds is 2. The van der Waals surface area contributed by atoms with Gasteiger partial charge in [0, 0.05) is 17.3 Å². The Morgan fingerprint density at radius 2 is 2.23 bits per heavy atom. The summed E-state index contributed by atoms with van der Waals surface area (Å²) < 4.78 is 1.66. The number of carboxylic acid groups (broad SMARTS) is 1. The number of nitrogens with zero attached hydrogens (tertiary/aromatic N) is 2. The molecule has 0 spiro atoms. The minimum atomic E-state index is -0.844. The Labute approximate surface area is 77.2 Å². The van der Waals surface area contributed by atoms with Crippen LogP contribution in [-0.2, 0) is 16.8 Å². The average Bonchev–Trinajstić information content (AvgIpc) is 2.31. The smallest absolute Gasteiger partial charge is 0.323 e. The van der Waals surface area contributed by atoms with E-state index < -0.39 is 5.97 Å². The molecule has 13 heavy (non-hydrogen) atoms. The number of carbonyl (C=O) groups is 1. The van der Waals surface area contributed by atoms with E-state index in [1.807, 2.05) is 20.8 Å². The number of hydrogen-bond donors (Lipinski definition) is 1. The molecule has 0 aliphatic rings. The maximum atomic E-state index is 10.5. The molecule has 1 aromatic rings. The maximum Gasteiger partial charge on any atom is 0.323 e. The lowest BCUT2D eigenvalue weighted by atomic mass is 9.93. The molecule has 0 saturated heterocycles. The number of aliphatic carboxylic acids is 1. The second kappa shape index (κ2) is 3.20. The molecular formula is C9H14N2O2. The highest BCUT2D eigenvalue weighted by Crippen LogP contribution is 2.21. The number of hydrogen-bond acceptors (Lipinski definition) is 2. The van der Waals surface area contributed by atoms with E-state index in [1.165, 1.54) is 0 Å². The van der Waals surface area contributed by atoms with Crippen molar-refractivity contribution in [3.8, 4) is 0 Å². The van der Waals surface area contributed by atoms with Crippen LogP contribution in [0, 0.1) is 0 Å². The molecular weight excluding hydrogens is 168 g/mol. The highest BCUT2D eigenvalue weighted by atomic mass is 16.4. The first kappa shape index (κ1) is 9.77. The molecule has 0 unspecified atom stereocenters. The summed E-state index contributed by atoms with van der Waals surface area (Å²) >= 11 is 0. The van der Waals surface area contributed by atoms with Crippen molar-refractivity contribution in [2.45, 2.75) is 32.7 Å². The summed E-state index contributed by atoms with van der Waals surface area (Å²) in [7, 11) is 0. The average molecular weight is 182 g/mol. The van der Waals surface area contributed by atoms with Gasteiger partial charge in [0.15, 0.2) is 0 Å². The van der Waals surface area contributed by atoms with Crippen molar-refractivity contribution in [2.24, 2.45) is 0 Å². The van der Waals surface area contributed by atoms with E-state index in [2.05, 4.69) is 4.98 Å². The van der Waals surface area contributed by atoms with E-state index in [9.17, 15) is 4.79 Å². The van der Waals surface area contributed by atoms with Crippen LogP contribution in [0.5, 0.6) is 0 Å². The van der Waals surface area contributed by atoms with Crippen molar-refractivity contribution in [1.82, 2.24) is 9.55 Å². The largest absolute Gasteiger partial charge is 0.480 e. The molecule has 0 atom stereocenters. The highest BCUT2D eigenvalue weighted by molar-refractivity contribution is 5.66. The monoisotopic (exact) mass is 182 g/mol. The molecule has 0 aliphatic heterocycles. The van der Waals surface area contributed by atoms with Crippen LogP contribution in [0.15, 0.2) is 12.5 Å². The van der Waals surface area contributed by atoms with Crippen LogP contribution >= 0.6 is 0 Å². The van der Waals surface area contributed by atoms with Crippen molar-refractivity contribution in [1.29, 1.82) is 0 Å². The third kappa shape index (κ3) is 2.31. The summed E-state index contributed by atoms with van der Waals surface area (Å²) in [6.45, 7) is 6.07. The van der Waals surface area contributed by atoms with Gasteiger partial charge >= 0.3 is 5.97 Å². The fourth-order valence-corrected chi connectivity index (χ4v) is 1.22. The molecule has 72 valence electrons. The van der Waals surface area contributed by atoms with Crippen LogP contribution in [0.3, 0.4) is 0 Å². The van der Waals surface area contributed by atoms with Gasteiger partial charge in [-0.3, -0.25) is 4.79 Å². The van der Waals surface area contributed by atoms with Gasteiger partial charge < -0.3 is 9.67 Å². The fourth-order valence-electron chi connectivity index (χ4n) is 1.22. The molecule has 1 N–H and O–H groups in total. The Kier molecular flexibility index (Phi) is 2.40. The Bertz CT molecular complexity index is 310. The molecule has 0 amide bonds. The van der Waals surface area contributed by atoms with E-state index >= 15 is 0 Å². The maximum absolute atomic E-state index is 10.5. The minimum Gasteiger partial charge on any atom is -0.480 e. The van der Waals surface area contributed by atoms with E-state index in [-0.39, 0.29) is 12.0 Å². The normalized spacial score (nSPS) is 11.6. The minimum absolute atomic E-state index is 0.0212. The van der Waals surface area contributed by atoms with Crippen LogP contribution in [0.1, 0.15) is 26.5 Å². The number of imidazole rings is 1. The molecule has 0 bridgehead atoms. The molecule has 4 heteroatoms. The van der Waals surface area contributed by atoms with E-state index in [0.29, 0.717) is 0 Å². The Balaban J connectivity index is 2.96. The molecule has 0 fully saturated rings. The van der Waals surface area contributed by atoms with Crippen LogP contribution in [-0.4, -0.2) is 20.6 Å². The van der Waals surface area contributed by atoms with Crippen LogP contribution in [0.2, 0.25) is 0 Å². The van der Waals surface area contributed by atoms with Gasteiger partial charge in [-0.15, -0.1) is 0 Å². The number of aromatic nitrogens is 2. The van der Waals surface area contributed by atoms with Crippen molar-refractivity contribution in [3.63, 3.8) is 0 Å². The lowest BCUT2D eigenvalue weighted by Gasteiger charge is -2.19. The summed E-state index contributed by atoms with van der Waals surface area (Å²) in [5.74, 6) is -0.844. The van der Waals surface area contributed by atoms with Crippen LogP contribution in [0.25, 0.3) is 0 Å². The lowest BCUT2D eigenvalue weighted by Crippen LogP contribution is -2.20. The second-order valence-corrected chi connectivity index (χ2v) is 4.05. The summed E-state index contributed by atoms with van der Waals surface area (Å²) in [6, 6.07) is 0. The van der Waals surface area contributed by atoms with E-state index in [4.69, 9.17) is 5.11 Å². The standard InChI is InChI=1S/C9H14N2O2/c1-9(2,3)7-4-10-6-11(7)5-8(12)13/h4,6H,5H2,1-3H3,(H,12,13). The van der Waals surface area contributed by atoms with Gasteiger partial charge in [0.25, 0.3) is 0 Å². The van der Waals surface area contributed by atoms with E-state index in [1.54, 1.807) is 17.1 Å². The predicted octanol–water partition coefficient (Wildman–Crippen LogP) is 1.27. The van der Waals surface area contributed by atoms with Crippen molar-refractivity contribution in [3.05, 3.63) is 18.2 Å². The summed E-state index contributed by atoms with van der Waals surface area (Å²) in [6.07, 6.45) is 3.26. The van der Waals surface area contributed by atoms with Crippen LogP contribution in [0.4, 0.5) is 0 Å². The molecule has 0 radical (unpaired) electrons. The second-order valence-electron chi connectivity index (χ2n) is 4.05. The first-order valence-electron chi connectivity index (χ1n) is 4.13. The molecule has 1 heterocycles. The third-order valence-electron chi connectivity index (χ3n) is 1.79. The lowest BCUT2D eigenvalue weighted by molar-refractivity contribution is -0.137. The summed E-state index contributed by atoms with van der Waals surface area (Å²) in [4.78, 5) is 14.4. The van der Waals surface area contributed by atoms with Gasteiger partial charge in [-0.25, -0.2) is 4.98 Å². The predicted molar refractivity (Wildman–Crippen MR) is 48.6 cm³/mol. The Morgan fingerprint density at radius 3 is 2.69 bits per heavy atom. The van der Waals surface area contributed by atoms with Gasteiger partial charge in [0.1, 0.15) is 6.54 Å². The topological polar surface area (TPSA) is 55.1 Å². The Morgan fingerprint density at radius 1 is 1.62 bits per heavy atom. The SMILES string of the molecule is CC(C)(C)c1cncn1CC(=O)O. The third-order valence-corrected chi connectivity index (χ3v) is 1.79. The van der Waals surface area contributed by atoms with Gasteiger partial charge in [-0.2, -0.15) is 0 Å². The molecule has 4 nitrogen and oxygen atoms in total. The van der Waals surface area contributed by atoms with Crippen molar-refractivity contribution < 1.29 is 9.90 Å². The quantitative estimate of drug-likeness (QED) is 0.749. The van der Waals surface area contributed by atoms with Crippen molar-refractivity contribution >= 4 is 5.97 Å². The van der Waals surface area contributed by atoms with E-state index in [0.717, 1.165) is 5.69 Å². The van der Waals surface area contributed by atoms with Gasteiger partial charge in [0.05, 0.1) is 6.33 Å². The Hall–Kier alpha value is -1.32. The molecule has 1 aromatic heterocycles. The first-order valence-corrected chi connectivity index (χ1v) is 4.13. The zero-order chi connectivity index (χ0) is 10.1. The van der Waals surface area contributed by atoms with Gasteiger partial charge in [-0.05, 0) is 0 Å². The molecule has 1 rings (SSSR count). The van der Waals surface area contributed by atoms with Gasteiger partial charge in [0.2, 0.25) is 0 Å². The highest BCUT2D eigenvalue weighted by Gasteiger charge is 2.19. The zero-order valence-electron chi connectivity index (χ0n) is 8.11. The molecule has 0 saturated carbocycles. The van der Waals surface area contributed by atoms with Crippen molar-refractivity contribution in [2.75, 3.05) is 0 Å². The van der Waals surface area contributed by atoms with Gasteiger partial charge in [-0.1, -0.05) is 20.8 Å². The van der Waals surface area contributed by atoms with Crippen LogP contribution < -0.4 is 0 Å². The molecule has 0 aromatic carbocycles.